The first-order chi connectivity index (χ1) is 14.0. The van der Waals surface area contributed by atoms with E-state index in [1.165, 1.54) is 18.9 Å². The minimum atomic E-state index is -0.445. The number of anilines is 1. The van der Waals surface area contributed by atoms with Gasteiger partial charge in [-0.2, -0.15) is 4.98 Å². The third-order valence-corrected chi connectivity index (χ3v) is 5.56. The van der Waals surface area contributed by atoms with Gasteiger partial charge in [0.2, 0.25) is 5.91 Å². The lowest BCUT2D eigenvalue weighted by atomic mass is 9.86. The van der Waals surface area contributed by atoms with Gasteiger partial charge in [0.05, 0.1) is 12.7 Å². The van der Waals surface area contributed by atoms with Crippen molar-refractivity contribution >= 4 is 23.5 Å². The highest BCUT2D eigenvalue weighted by molar-refractivity contribution is 7.99. The number of ether oxygens (including phenoxy) is 2. The molecular formula is C21H21N3O4S. The first-order valence-corrected chi connectivity index (χ1v) is 9.87. The molecule has 0 aliphatic carbocycles. The van der Waals surface area contributed by atoms with E-state index in [2.05, 4.69) is 22.8 Å². The number of fused-ring (bicyclic) bond motifs is 1. The molecule has 1 atom stereocenters. The lowest BCUT2D eigenvalue weighted by Gasteiger charge is -2.27. The molecule has 1 aliphatic rings. The lowest BCUT2D eigenvalue weighted by Crippen LogP contribution is -2.33. The fourth-order valence-corrected chi connectivity index (χ4v) is 3.92. The van der Waals surface area contributed by atoms with E-state index in [-0.39, 0.29) is 24.5 Å². The van der Waals surface area contributed by atoms with Gasteiger partial charge in [0.25, 0.3) is 5.56 Å². The SMILES string of the molecule is C#CCOc1ccc([C@H]2CC(=O)Nc3c2c(=O)nc(SCC=C)n3C)cc1OC. The van der Waals surface area contributed by atoms with Gasteiger partial charge in [-0.1, -0.05) is 29.8 Å². The van der Waals surface area contributed by atoms with E-state index in [1.54, 1.807) is 35.9 Å². The molecule has 1 aromatic carbocycles. The number of rotatable bonds is 7. The van der Waals surface area contributed by atoms with Crippen molar-refractivity contribution in [1.82, 2.24) is 9.55 Å². The van der Waals surface area contributed by atoms with Crippen LogP contribution in [0, 0.1) is 12.3 Å². The van der Waals surface area contributed by atoms with Gasteiger partial charge >= 0.3 is 0 Å². The Bertz CT molecular complexity index is 1060. The summed E-state index contributed by atoms with van der Waals surface area (Å²) in [6.07, 6.45) is 7.11. The van der Waals surface area contributed by atoms with Crippen LogP contribution in [0.25, 0.3) is 0 Å². The van der Waals surface area contributed by atoms with Crippen LogP contribution in [-0.2, 0) is 11.8 Å². The molecule has 0 saturated heterocycles. The zero-order valence-electron chi connectivity index (χ0n) is 16.2. The summed E-state index contributed by atoms with van der Waals surface area (Å²) in [5.74, 6) is 3.83. The molecule has 1 aliphatic heterocycles. The third-order valence-electron chi connectivity index (χ3n) is 4.53. The van der Waals surface area contributed by atoms with Gasteiger partial charge < -0.3 is 19.4 Å². The van der Waals surface area contributed by atoms with Crippen LogP contribution in [0.5, 0.6) is 11.5 Å². The predicted octanol–water partition coefficient (Wildman–Crippen LogP) is 2.55. The second-order valence-corrected chi connectivity index (χ2v) is 7.32. The van der Waals surface area contributed by atoms with Gasteiger partial charge in [0, 0.05) is 25.1 Å². The van der Waals surface area contributed by atoms with Crippen molar-refractivity contribution in [1.29, 1.82) is 0 Å². The summed E-state index contributed by atoms with van der Waals surface area (Å²) in [4.78, 5) is 29.5. The second kappa shape index (κ2) is 8.88. The third kappa shape index (κ3) is 4.15. The summed E-state index contributed by atoms with van der Waals surface area (Å²) in [6, 6.07) is 5.30. The molecule has 0 radical (unpaired) electrons. The maximum atomic E-state index is 12.9. The van der Waals surface area contributed by atoms with Gasteiger partial charge in [0.1, 0.15) is 12.4 Å². The number of amides is 1. The minimum Gasteiger partial charge on any atom is -0.493 e. The number of nitrogens with zero attached hydrogens (tertiary/aromatic N) is 2. The van der Waals surface area contributed by atoms with E-state index in [1.807, 2.05) is 0 Å². The normalized spacial score (nSPS) is 15.1. The highest BCUT2D eigenvalue weighted by Crippen LogP contribution is 2.39. The molecule has 29 heavy (non-hydrogen) atoms. The zero-order chi connectivity index (χ0) is 21.0. The molecule has 150 valence electrons. The van der Waals surface area contributed by atoms with Gasteiger partial charge in [0.15, 0.2) is 16.7 Å². The highest BCUT2D eigenvalue weighted by Gasteiger charge is 2.32. The summed E-state index contributed by atoms with van der Waals surface area (Å²) in [7, 11) is 3.30. The number of terminal acetylenes is 1. The summed E-state index contributed by atoms with van der Waals surface area (Å²) < 4.78 is 12.6. The number of methoxy groups -OCH3 is 1. The Balaban J connectivity index is 2.08. The Hall–Kier alpha value is -3.18. The molecule has 7 nitrogen and oxygen atoms in total. The van der Waals surface area contributed by atoms with Crippen LogP contribution in [0.15, 0.2) is 40.8 Å². The first kappa shape index (κ1) is 20.6. The van der Waals surface area contributed by atoms with E-state index in [4.69, 9.17) is 15.9 Å². The Labute approximate surface area is 173 Å². The molecule has 3 rings (SSSR count). The summed E-state index contributed by atoms with van der Waals surface area (Å²) >= 11 is 1.38. The van der Waals surface area contributed by atoms with Gasteiger partial charge in [-0.25, -0.2) is 0 Å². The van der Waals surface area contributed by atoms with Crippen molar-refractivity contribution in [2.24, 2.45) is 7.05 Å². The van der Waals surface area contributed by atoms with Crippen molar-refractivity contribution in [3.8, 4) is 23.8 Å². The molecule has 0 unspecified atom stereocenters. The fraction of sp³-hybridized carbons (Fsp3) is 0.286. The van der Waals surface area contributed by atoms with Crippen molar-refractivity contribution < 1.29 is 14.3 Å². The average molecular weight is 411 g/mol. The molecule has 2 heterocycles. The number of aromatic nitrogens is 2. The number of benzene rings is 1. The van der Waals surface area contributed by atoms with Crippen molar-refractivity contribution in [2.75, 3.05) is 24.8 Å². The molecule has 0 spiro atoms. The van der Waals surface area contributed by atoms with Crippen LogP contribution in [-0.4, -0.2) is 34.9 Å². The minimum absolute atomic E-state index is 0.111. The highest BCUT2D eigenvalue weighted by atomic mass is 32.2. The molecule has 0 saturated carbocycles. The topological polar surface area (TPSA) is 82.5 Å². The molecule has 0 bridgehead atoms. The second-order valence-electron chi connectivity index (χ2n) is 6.33. The monoisotopic (exact) mass is 411 g/mol. The van der Waals surface area contributed by atoms with Gasteiger partial charge in [-0.3, -0.25) is 9.59 Å². The van der Waals surface area contributed by atoms with Crippen LogP contribution in [0.2, 0.25) is 0 Å². The Morgan fingerprint density at radius 3 is 2.93 bits per heavy atom. The van der Waals surface area contributed by atoms with Crippen molar-refractivity contribution in [3.05, 3.63) is 52.3 Å². The quantitative estimate of drug-likeness (QED) is 0.326. The van der Waals surface area contributed by atoms with E-state index in [0.29, 0.717) is 33.8 Å². The van der Waals surface area contributed by atoms with Crippen molar-refractivity contribution in [2.45, 2.75) is 17.5 Å². The lowest BCUT2D eigenvalue weighted by molar-refractivity contribution is -0.116. The number of carbonyl (C=O) groups excluding carboxylic acids is 1. The molecule has 0 fully saturated rings. The standard InChI is InChI=1S/C21H21N3O4S/c1-5-9-28-15-8-7-13(11-16(15)27-4)14-12-17(25)22-19-18(14)20(26)23-21(24(19)3)29-10-6-2/h1,6-8,11,14H,2,9-10,12H2,3-4H3,(H,22,25)/t14-/m1/s1. The van der Waals surface area contributed by atoms with E-state index in [9.17, 15) is 9.59 Å². The molecule has 8 heteroatoms. The zero-order valence-corrected chi connectivity index (χ0v) is 17.0. The van der Waals surface area contributed by atoms with Crippen LogP contribution in [0.4, 0.5) is 5.82 Å². The van der Waals surface area contributed by atoms with E-state index >= 15 is 0 Å². The predicted molar refractivity (Wildman–Crippen MR) is 113 cm³/mol. The fourth-order valence-electron chi connectivity index (χ4n) is 3.22. The van der Waals surface area contributed by atoms with Crippen LogP contribution < -0.4 is 20.3 Å². The van der Waals surface area contributed by atoms with Crippen LogP contribution in [0.3, 0.4) is 0 Å². The average Bonchev–Trinajstić information content (AvgIpc) is 2.72. The molecule has 1 aromatic heterocycles. The summed E-state index contributed by atoms with van der Waals surface area (Å²) in [6.45, 7) is 3.79. The maximum Gasteiger partial charge on any atom is 0.279 e. The molecule has 2 aromatic rings. The molecular weight excluding hydrogens is 390 g/mol. The maximum absolute atomic E-state index is 12.9. The van der Waals surface area contributed by atoms with Crippen molar-refractivity contribution in [3.63, 3.8) is 0 Å². The Kier molecular flexibility index (Phi) is 6.29. The number of hydrogen-bond acceptors (Lipinski definition) is 6. The van der Waals surface area contributed by atoms with Gasteiger partial charge in [-0.15, -0.1) is 13.0 Å². The summed E-state index contributed by atoms with van der Waals surface area (Å²) in [5.41, 5.74) is 0.854. The Morgan fingerprint density at radius 1 is 1.45 bits per heavy atom. The van der Waals surface area contributed by atoms with E-state index < -0.39 is 5.92 Å². The number of hydrogen-bond donors (Lipinski definition) is 1. The first-order valence-electron chi connectivity index (χ1n) is 8.88. The molecule has 1 N–H and O–H groups in total. The van der Waals surface area contributed by atoms with Crippen LogP contribution in [0.1, 0.15) is 23.5 Å². The number of nitrogens with one attached hydrogen (secondary N) is 1. The molecule has 1 amide bonds. The Morgan fingerprint density at radius 2 is 2.24 bits per heavy atom. The smallest absolute Gasteiger partial charge is 0.279 e. The number of carbonyl (C=O) groups is 1. The largest absolute Gasteiger partial charge is 0.493 e. The van der Waals surface area contributed by atoms with Crippen LogP contribution >= 0.6 is 11.8 Å². The van der Waals surface area contributed by atoms with E-state index in [0.717, 1.165) is 5.56 Å². The number of thioether (sulfide) groups is 1. The van der Waals surface area contributed by atoms with Gasteiger partial charge in [-0.05, 0) is 17.7 Å². The summed E-state index contributed by atoms with van der Waals surface area (Å²) in [5, 5.41) is 3.34.